The third kappa shape index (κ3) is 6.41. The first-order valence-corrected chi connectivity index (χ1v) is 9.38. The molecule has 0 spiro atoms. The number of benzene rings is 1. The largest absolute Gasteiger partial charge is 0.494 e. The van der Waals surface area contributed by atoms with E-state index in [1.54, 1.807) is 4.90 Å². The number of carbonyl (C=O) groups is 2. The van der Waals surface area contributed by atoms with Gasteiger partial charge in [0.15, 0.2) is 6.29 Å². The van der Waals surface area contributed by atoms with Crippen LogP contribution in [0.1, 0.15) is 27.2 Å². The predicted molar refractivity (Wildman–Crippen MR) is 102 cm³/mol. The number of urea groups is 1. The predicted octanol–water partition coefficient (Wildman–Crippen LogP) is 1.89. The summed E-state index contributed by atoms with van der Waals surface area (Å²) in [5, 5.41) is 5.56. The molecule has 150 valence electrons. The highest BCUT2D eigenvalue weighted by atomic mass is 16.7. The number of nitrogens with one attached hydrogen (secondary N) is 2. The van der Waals surface area contributed by atoms with E-state index in [1.807, 2.05) is 45.0 Å². The average Bonchev–Trinajstić information content (AvgIpc) is 3.01. The van der Waals surface area contributed by atoms with E-state index in [1.165, 1.54) is 0 Å². The molecular formula is C19H29N3O5. The first-order chi connectivity index (χ1) is 13.1. The second-order valence-electron chi connectivity index (χ2n) is 6.03. The normalized spacial score (nSPS) is 16.7. The van der Waals surface area contributed by atoms with Crippen molar-refractivity contribution in [2.75, 3.05) is 37.8 Å². The smallest absolute Gasteiger partial charge is 0.315 e. The average molecular weight is 379 g/mol. The van der Waals surface area contributed by atoms with Crippen molar-refractivity contribution < 1.29 is 23.8 Å². The first kappa shape index (κ1) is 21.0. The number of rotatable bonds is 10. The van der Waals surface area contributed by atoms with Crippen molar-refractivity contribution in [1.29, 1.82) is 0 Å². The van der Waals surface area contributed by atoms with E-state index in [0.29, 0.717) is 26.4 Å². The first-order valence-electron chi connectivity index (χ1n) is 9.38. The van der Waals surface area contributed by atoms with E-state index >= 15 is 0 Å². The lowest BCUT2D eigenvalue weighted by Gasteiger charge is -2.19. The van der Waals surface area contributed by atoms with Gasteiger partial charge in [-0.1, -0.05) is 0 Å². The van der Waals surface area contributed by atoms with E-state index < -0.39 is 6.29 Å². The summed E-state index contributed by atoms with van der Waals surface area (Å²) in [6, 6.07) is 6.77. The maximum absolute atomic E-state index is 12.3. The Labute approximate surface area is 160 Å². The minimum atomic E-state index is -0.476. The Morgan fingerprint density at radius 2 is 1.81 bits per heavy atom. The van der Waals surface area contributed by atoms with Crippen LogP contribution in [0.15, 0.2) is 24.3 Å². The van der Waals surface area contributed by atoms with Crippen LogP contribution in [0.5, 0.6) is 5.75 Å². The second kappa shape index (κ2) is 10.7. The van der Waals surface area contributed by atoms with E-state index in [-0.39, 0.29) is 30.9 Å². The molecule has 1 saturated heterocycles. The molecule has 2 N–H and O–H groups in total. The molecule has 1 unspecified atom stereocenters. The minimum Gasteiger partial charge on any atom is -0.494 e. The monoisotopic (exact) mass is 379 g/mol. The van der Waals surface area contributed by atoms with Crippen LogP contribution in [0.3, 0.4) is 0 Å². The molecule has 8 nitrogen and oxygen atoms in total. The van der Waals surface area contributed by atoms with Gasteiger partial charge in [0.25, 0.3) is 0 Å². The van der Waals surface area contributed by atoms with Crippen LogP contribution in [0.25, 0.3) is 0 Å². The van der Waals surface area contributed by atoms with Crippen molar-refractivity contribution in [3.63, 3.8) is 0 Å². The number of carbonyl (C=O) groups excluding carboxylic acids is 2. The zero-order valence-corrected chi connectivity index (χ0v) is 16.2. The molecule has 0 aromatic heterocycles. The second-order valence-corrected chi connectivity index (χ2v) is 6.03. The third-order valence-corrected chi connectivity index (χ3v) is 4.05. The Hall–Kier alpha value is -2.32. The number of amides is 3. The van der Waals surface area contributed by atoms with Gasteiger partial charge in [0, 0.05) is 31.9 Å². The van der Waals surface area contributed by atoms with Crippen molar-refractivity contribution in [1.82, 2.24) is 10.6 Å². The molecule has 8 heteroatoms. The van der Waals surface area contributed by atoms with Crippen molar-refractivity contribution in [2.24, 2.45) is 0 Å². The highest BCUT2D eigenvalue weighted by molar-refractivity contribution is 5.96. The highest BCUT2D eigenvalue weighted by Gasteiger charge is 2.31. The molecule has 0 bridgehead atoms. The molecule has 1 aromatic carbocycles. The number of ether oxygens (including phenoxy) is 3. The molecule has 1 fully saturated rings. The standard InChI is InChI=1S/C19H29N3O5/c1-4-25-16-9-7-15(8-10-16)22-13-14(11-17(22)23)21-19(24)20-12-18(26-5-2)27-6-3/h7-10,14,18H,4-6,11-13H2,1-3H3,(H2,20,21,24). The molecular weight excluding hydrogens is 350 g/mol. The number of hydrogen-bond acceptors (Lipinski definition) is 5. The fraction of sp³-hybridized carbons (Fsp3) is 0.579. The quantitative estimate of drug-likeness (QED) is 0.606. The van der Waals surface area contributed by atoms with Crippen molar-refractivity contribution in [2.45, 2.75) is 39.5 Å². The van der Waals surface area contributed by atoms with Gasteiger partial charge < -0.3 is 29.7 Å². The van der Waals surface area contributed by atoms with Crippen molar-refractivity contribution in [3.8, 4) is 5.75 Å². The summed E-state index contributed by atoms with van der Waals surface area (Å²) in [6.07, 6.45) is -0.211. The number of nitrogens with zero attached hydrogens (tertiary/aromatic N) is 1. The molecule has 1 atom stereocenters. The zero-order chi connectivity index (χ0) is 19.6. The third-order valence-electron chi connectivity index (χ3n) is 4.05. The molecule has 1 aromatic rings. The van der Waals surface area contributed by atoms with E-state index in [4.69, 9.17) is 14.2 Å². The summed E-state index contributed by atoms with van der Waals surface area (Å²) in [5.74, 6) is 0.742. The Morgan fingerprint density at radius 1 is 1.15 bits per heavy atom. The minimum absolute atomic E-state index is 0.0223. The summed E-state index contributed by atoms with van der Waals surface area (Å²) < 4.78 is 16.2. The lowest BCUT2D eigenvalue weighted by Crippen LogP contribution is -2.46. The SMILES string of the molecule is CCOc1ccc(N2CC(NC(=O)NCC(OCC)OCC)CC2=O)cc1. The van der Waals surface area contributed by atoms with Crippen LogP contribution in [0.2, 0.25) is 0 Å². The lowest BCUT2D eigenvalue weighted by molar-refractivity contribution is -0.131. The van der Waals surface area contributed by atoms with Gasteiger partial charge in [0.05, 0.1) is 19.2 Å². The maximum Gasteiger partial charge on any atom is 0.315 e. The summed E-state index contributed by atoms with van der Waals surface area (Å²) in [6.45, 7) is 7.93. The molecule has 0 radical (unpaired) electrons. The number of hydrogen-bond donors (Lipinski definition) is 2. The molecule has 0 saturated carbocycles. The Balaban J connectivity index is 1.83. The van der Waals surface area contributed by atoms with Crippen molar-refractivity contribution >= 4 is 17.6 Å². The van der Waals surface area contributed by atoms with E-state index in [2.05, 4.69) is 10.6 Å². The Kier molecular flexibility index (Phi) is 8.35. The lowest BCUT2D eigenvalue weighted by atomic mass is 10.2. The van der Waals surface area contributed by atoms with Crippen LogP contribution in [-0.4, -0.2) is 57.2 Å². The molecule has 3 amide bonds. The van der Waals surface area contributed by atoms with Gasteiger partial charge >= 0.3 is 6.03 Å². The molecule has 1 heterocycles. The van der Waals surface area contributed by atoms with Gasteiger partial charge in [-0.15, -0.1) is 0 Å². The molecule has 27 heavy (non-hydrogen) atoms. The van der Waals surface area contributed by atoms with Gasteiger partial charge in [-0.3, -0.25) is 4.79 Å². The fourth-order valence-electron chi connectivity index (χ4n) is 2.89. The van der Waals surface area contributed by atoms with Crippen LogP contribution in [0, 0.1) is 0 Å². The Morgan fingerprint density at radius 3 is 2.41 bits per heavy atom. The van der Waals surface area contributed by atoms with Crippen LogP contribution in [-0.2, 0) is 14.3 Å². The summed E-state index contributed by atoms with van der Waals surface area (Å²) in [4.78, 5) is 26.1. The topological polar surface area (TPSA) is 89.1 Å². The van der Waals surface area contributed by atoms with Gasteiger partial charge in [-0.2, -0.15) is 0 Å². The Bertz CT molecular complexity index is 602. The summed E-state index contributed by atoms with van der Waals surface area (Å²) in [7, 11) is 0. The summed E-state index contributed by atoms with van der Waals surface area (Å²) >= 11 is 0. The zero-order valence-electron chi connectivity index (χ0n) is 16.2. The van der Waals surface area contributed by atoms with E-state index in [0.717, 1.165) is 11.4 Å². The highest BCUT2D eigenvalue weighted by Crippen LogP contribution is 2.24. The van der Waals surface area contributed by atoms with E-state index in [9.17, 15) is 9.59 Å². The summed E-state index contributed by atoms with van der Waals surface area (Å²) in [5.41, 5.74) is 0.793. The van der Waals surface area contributed by atoms with Crippen LogP contribution in [0.4, 0.5) is 10.5 Å². The van der Waals surface area contributed by atoms with Gasteiger partial charge in [-0.25, -0.2) is 4.79 Å². The molecule has 1 aliphatic rings. The van der Waals surface area contributed by atoms with Gasteiger partial charge in [-0.05, 0) is 45.0 Å². The van der Waals surface area contributed by atoms with Crippen LogP contribution < -0.4 is 20.3 Å². The maximum atomic E-state index is 12.3. The number of anilines is 1. The molecule has 2 rings (SSSR count). The molecule has 1 aliphatic heterocycles. The molecule has 0 aliphatic carbocycles. The van der Waals surface area contributed by atoms with Crippen LogP contribution >= 0.6 is 0 Å². The van der Waals surface area contributed by atoms with Crippen molar-refractivity contribution in [3.05, 3.63) is 24.3 Å². The fourth-order valence-corrected chi connectivity index (χ4v) is 2.89. The van der Waals surface area contributed by atoms with Gasteiger partial charge in [0.2, 0.25) is 5.91 Å². The van der Waals surface area contributed by atoms with Gasteiger partial charge in [0.1, 0.15) is 5.75 Å².